The van der Waals surface area contributed by atoms with E-state index < -0.39 is 0 Å². The van der Waals surface area contributed by atoms with E-state index in [1.807, 2.05) is 11.3 Å². The molecule has 23 heavy (non-hydrogen) atoms. The van der Waals surface area contributed by atoms with Gasteiger partial charge in [0.25, 0.3) is 0 Å². The fraction of sp³-hybridized carbons (Fsp3) is 0.182. The van der Waals surface area contributed by atoms with E-state index in [0.29, 0.717) is 0 Å². The van der Waals surface area contributed by atoms with Gasteiger partial charge in [-0.1, -0.05) is 69.3 Å². The van der Waals surface area contributed by atoms with Crippen LogP contribution in [0.2, 0.25) is 0 Å². The Kier molecular flexibility index (Phi) is 3.28. The lowest BCUT2D eigenvalue weighted by Gasteiger charge is -2.22. The summed E-state index contributed by atoms with van der Waals surface area (Å²) in [5.74, 6) is 0. The maximum absolute atomic E-state index is 2.39. The van der Waals surface area contributed by atoms with Crippen molar-refractivity contribution in [3.63, 3.8) is 0 Å². The average molecular weight is 316 g/mol. The quantitative estimate of drug-likeness (QED) is 0.354. The van der Waals surface area contributed by atoms with E-state index in [9.17, 15) is 0 Å². The third kappa shape index (κ3) is 2.46. The predicted molar refractivity (Wildman–Crippen MR) is 103 cm³/mol. The molecule has 1 heteroatoms. The first-order valence-corrected chi connectivity index (χ1v) is 8.87. The van der Waals surface area contributed by atoms with E-state index in [1.54, 1.807) is 0 Å². The van der Waals surface area contributed by atoms with Crippen LogP contribution in [0.4, 0.5) is 0 Å². The standard InChI is InChI=1S/C22H20S/c1-22(2,3)18-13-16(15-9-5-4-6-10-15)14-20-21(18)17-11-7-8-12-19(17)23-20/h4-14H,1-3H3. The lowest BCUT2D eigenvalue weighted by atomic mass is 9.82. The van der Waals surface area contributed by atoms with Gasteiger partial charge in [0.15, 0.2) is 0 Å². The van der Waals surface area contributed by atoms with Gasteiger partial charge in [-0.2, -0.15) is 0 Å². The zero-order valence-corrected chi connectivity index (χ0v) is 14.6. The number of rotatable bonds is 1. The summed E-state index contributed by atoms with van der Waals surface area (Å²) >= 11 is 1.90. The molecule has 0 saturated carbocycles. The van der Waals surface area contributed by atoms with Crippen LogP contribution in [0.15, 0.2) is 66.7 Å². The van der Waals surface area contributed by atoms with Gasteiger partial charge in [-0.15, -0.1) is 11.3 Å². The average Bonchev–Trinajstić information content (AvgIpc) is 2.92. The number of hydrogen-bond donors (Lipinski definition) is 0. The summed E-state index contributed by atoms with van der Waals surface area (Å²) in [6.45, 7) is 6.93. The van der Waals surface area contributed by atoms with Crippen LogP contribution in [0.3, 0.4) is 0 Å². The van der Waals surface area contributed by atoms with Gasteiger partial charge < -0.3 is 0 Å². The Morgan fingerprint density at radius 3 is 2.13 bits per heavy atom. The molecule has 0 fully saturated rings. The minimum Gasteiger partial charge on any atom is -0.135 e. The summed E-state index contributed by atoms with van der Waals surface area (Å²) < 4.78 is 2.76. The topological polar surface area (TPSA) is 0 Å². The van der Waals surface area contributed by atoms with E-state index in [-0.39, 0.29) is 5.41 Å². The molecule has 0 radical (unpaired) electrons. The number of fused-ring (bicyclic) bond motifs is 3. The van der Waals surface area contributed by atoms with Gasteiger partial charge in [-0.25, -0.2) is 0 Å². The highest BCUT2D eigenvalue weighted by Gasteiger charge is 2.21. The molecule has 0 aliphatic heterocycles. The Morgan fingerprint density at radius 2 is 1.39 bits per heavy atom. The molecule has 0 bridgehead atoms. The van der Waals surface area contributed by atoms with E-state index in [1.165, 1.54) is 36.9 Å². The molecular formula is C22H20S. The molecule has 3 aromatic carbocycles. The minimum atomic E-state index is 0.118. The summed E-state index contributed by atoms with van der Waals surface area (Å²) in [5.41, 5.74) is 4.16. The molecule has 114 valence electrons. The highest BCUT2D eigenvalue weighted by atomic mass is 32.1. The van der Waals surface area contributed by atoms with Gasteiger partial charge in [0.05, 0.1) is 0 Å². The predicted octanol–water partition coefficient (Wildman–Crippen LogP) is 7.02. The van der Waals surface area contributed by atoms with E-state index in [4.69, 9.17) is 0 Å². The van der Waals surface area contributed by atoms with Crippen molar-refractivity contribution in [1.82, 2.24) is 0 Å². The normalized spacial score (nSPS) is 12.1. The smallest absolute Gasteiger partial charge is 0.0364 e. The van der Waals surface area contributed by atoms with Crippen LogP contribution >= 0.6 is 11.3 Å². The van der Waals surface area contributed by atoms with Crippen molar-refractivity contribution >= 4 is 31.5 Å². The molecule has 0 spiro atoms. The molecule has 1 aromatic heterocycles. The van der Waals surface area contributed by atoms with Gasteiger partial charge in [0, 0.05) is 20.2 Å². The van der Waals surface area contributed by atoms with Crippen molar-refractivity contribution in [2.24, 2.45) is 0 Å². The molecule has 1 heterocycles. The van der Waals surface area contributed by atoms with Crippen LogP contribution in [0.1, 0.15) is 26.3 Å². The Hall–Kier alpha value is -2.12. The van der Waals surface area contributed by atoms with Crippen molar-refractivity contribution in [2.75, 3.05) is 0 Å². The maximum atomic E-state index is 2.39. The van der Waals surface area contributed by atoms with Gasteiger partial charge in [-0.3, -0.25) is 0 Å². The van der Waals surface area contributed by atoms with E-state index in [0.717, 1.165) is 0 Å². The molecular weight excluding hydrogens is 296 g/mol. The summed E-state index contributed by atoms with van der Waals surface area (Å²) in [5, 5.41) is 2.81. The number of thiophene rings is 1. The lowest BCUT2D eigenvalue weighted by molar-refractivity contribution is 0.596. The second kappa shape index (κ2) is 5.21. The largest absolute Gasteiger partial charge is 0.135 e. The summed E-state index contributed by atoms with van der Waals surface area (Å²) in [7, 11) is 0. The molecule has 0 unspecified atom stereocenters. The van der Waals surface area contributed by atoms with Gasteiger partial charge in [0.1, 0.15) is 0 Å². The zero-order chi connectivity index (χ0) is 16.0. The summed E-state index contributed by atoms with van der Waals surface area (Å²) in [4.78, 5) is 0. The zero-order valence-electron chi connectivity index (χ0n) is 13.8. The van der Waals surface area contributed by atoms with Crippen molar-refractivity contribution in [3.05, 3.63) is 72.3 Å². The van der Waals surface area contributed by atoms with Crippen molar-refractivity contribution in [3.8, 4) is 11.1 Å². The minimum absolute atomic E-state index is 0.118. The third-order valence-corrected chi connectivity index (χ3v) is 5.51. The second-order valence-corrected chi connectivity index (χ2v) is 8.19. The molecule has 0 nitrogen and oxygen atoms in total. The Bertz CT molecular complexity index is 985. The summed E-state index contributed by atoms with van der Waals surface area (Å²) in [6.07, 6.45) is 0. The maximum Gasteiger partial charge on any atom is 0.0364 e. The summed E-state index contributed by atoms with van der Waals surface area (Å²) in [6, 6.07) is 24.2. The first-order valence-electron chi connectivity index (χ1n) is 8.05. The molecule has 0 aliphatic rings. The molecule has 4 aromatic rings. The number of benzene rings is 3. The fourth-order valence-corrected chi connectivity index (χ4v) is 4.41. The highest BCUT2D eigenvalue weighted by molar-refractivity contribution is 7.25. The van der Waals surface area contributed by atoms with E-state index >= 15 is 0 Å². The first-order chi connectivity index (χ1) is 11.0. The highest BCUT2D eigenvalue weighted by Crippen LogP contribution is 2.42. The van der Waals surface area contributed by atoms with Crippen molar-refractivity contribution < 1.29 is 0 Å². The SMILES string of the molecule is CC(C)(C)c1cc(-c2ccccc2)cc2sc3ccccc3c12. The van der Waals surface area contributed by atoms with Crippen LogP contribution in [-0.2, 0) is 5.41 Å². The van der Waals surface area contributed by atoms with Gasteiger partial charge >= 0.3 is 0 Å². The first kappa shape index (κ1) is 14.5. The third-order valence-electron chi connectivity index (χ3n) is 4.39. The van der Waals surface area contributed by atoms with Crippen LogP contribution in [-0.4, -0.2) is 0 Å². The second-order valence-electron chi connectivity index (χ2n) is 7.11. The number of hydrogen-bond acceptors (Lipinski definition) is 1. The van der Waals surface area contributed by atoms with Crippen LogP contribution in [0.25, 0.3) is 31.3 Å². The van der Waals surface area contributed by atoms with E-state index in [2.05, 4.69) is 87.5 Å². The van der Waals surface area contributed by atoms with Gasteiger partial charge in [0.2, 0.25) is 0 Å². The van der Waals surface area contributed by atoms with Crippen LogP contribution in [0.5, 0.6) is 0 Å². The Labute approximate surface area is 141 Å². The molecule has 4 rings (SSSR count). The molecule has 0 atom stereocenters. The Morgan fingerprint density at radius 1 is 0.696 bits per heavy atom. The molecule has 0 N–H and O–H groups in total. The lowest BCUT2D eigenvalue weighted by Crippen LogP contribution is -2.11. The Balaban J connectivity index is 2.12. The van der Waals surface area contributed by atoms with Crippen molar-refractivity contribution in [2.45, 2.75) is 26.2 Å². The van der Waals surface area contributed by atoms with Crippen LogP contribution in [0, 0.1) is 0 Å². The molecule has 0 aliphatic carbocycles. The fourth-order valence-electron chi connectivity index (χ4n) is 3.24. The monoisotopic (exact) mass is 316 g/mol. The van der Waals surface area contributed by atoms with Gasteiger partial charge in [-0.05, 0) is 40.3 Å². The van der Waals surface area contributed by atoms with Crippen molar-refractivity contribution in [1.29, 1.82) is 0 Å². The molecule has 0 amide bonds. The molecule has 0 saturated heterocycles. The van der Waals surface area contributed by atoms with Crippen LogP contribution < -0.4 is 0 Å².